The third kappa shape index (κ3) is 2.52. The Hall–Kier alpha value is -2.15. The van der Waals surface area contributed by atoms with Crippen molar-refractivity contribution in [1.29, 1.82) is 0 Å². The number of anilines is 1. The summed E-state index contributed by atoms with van der Waals surface area (Å²) in [6.45, 7) is 0.928. The highest BCUT2D eigenvalue weighted by molar-refractivity contribution is 5.90. The van der Waals surface area contributed by atoms with Crippen molar-refractivity contribution in [3.05, 3.63) is 30.3 Å². The van der Waals surface area contributed by atoms with Gasteiger partial charge in [-0.2, -0.15) is 0 Å². The highest BCUT2D eigenvalue weighted by atomic mass is 19.1. The molecule has 2 aliphatic rings. The first-order chi connectivity index (χ1) is 10.5. The molecule has 2 amide bonds. The molecule has 0 radical (unpaired) electrons. The molecular weight excluding hydrogens is 289 g/mol. The van der Waals surface area contributed by atoms with E-state index in [1.54, 1.807) is 4.90 Å². The monoisotopic (exact) mass is 307 g/mol. The molecule has 0 aromatic heterocycles. The van der Waals surface area contributed by atoms with E-state index in [2.05, 4.69) is 0 Å². The number of carbonyl (C=O) groups is 2. The Labute approximate surface area is 127 Å². The number of likely N-dealkylation sites (tertiary alicyclic amines) is 1. The van der Waals surface area contributed by atoms with Crippen molar-refractivity contribution in [2.75, 3.05) is 24.6 Å². The number of nitrogens with two attached hydrogens (primary N) is 1. The Kier molecular flexibility index (Phi) is 3.74. The zero-order chi connectivity index (χ0) is 15.7. The Morgan fingerprint density at radius 3 is 2.50 bits per heavy atom. The second-order valence-electron chi connectivity index (χ2n) is 5.63. The number of hydrogen-bond donors (Lipinski definition) is 1. The number of rotatable bonds is 3. The number of nitrogens with zero attached hydrogens (tertiary/aromatic N) is 2. The first-order valence-electron chi connectivity index (χ1n) is 7.25. The van der Waals surface area contributed by atoms with Crippen molar-refractivity contribution in [1.82, 2.24) is 4.90 Å². The van der Waals surface area contributed by atoms with Gasteiger partial charge in [-0.25, -0.2) is 9.18 Å². The first kappa shape index (κ1) is 14.8. The van der Waals surface area contributed by atoms with Crippen LogP contribution in [0.1, 0.15) is 12.8 Å². The number of piperidine rings is 1. The Bertz CT molecular complexity index is 573. The number of hydrogen-bond acceptors (Lipinski definition) is 4. The van der Waals surface area contributed by atoms with E-state index in [0.29, 0.717) is 13.1 Å². The van der Waals surface area contributed by atoms with Crippen LogP contribution in [-0.4, -0.2) is 48.4 Å². The molecule has 1 unspecified atom stereocenters. The van der Waals surface area contributed by atoms with Crippen LogP contribution < -0.4 is 10.6 Å². The number of alkyl halides is 1. The molecule has 22 heavy (non-hydrogen) atoms. The largest absolute Gasteiger partial charge is 0.445 e. The van der Waals surface area contributed by atoms with Crippen molar-refractivity contribution in [2.24, 2.45) is 5.73 Å². The Morgan fingerprint density at radius 2 is 1.91 bits per heavy atom. The van der Waals surface area contributed by atoms with Gasteiger partial charge in [0.1, 0.15) is 12.8 Å². The predicted molar refractivity (Wildman–Crippen MR) is 77.9 cm³/mol. The smallest absolute Gasteiger partial charge is 0.415 e. The summed E-state index contributed by atoms with van der Waals surface area (Å²) < 4.78 is 19.4. The number of cyclic esters (lactones) is 1. The Morgan fingerprint density at radius 1 is 1.27 bits per heavy atom. The maximum atomic E-state index is 14.2. The van der Waals surface area contributed by atoms with Crippen LogP contribution in [0, 0.1) is 0 Å². The third-order valence-electron chi connectivity index (χ3n) is 4.34. The number of amides is 2. The summed E-state index contributed by atoms with van der Waals surface area (Å²) in [6.07, 6.45) is -0.624. The fraction of sp³-hybridized carbons (Fsp3) is 0.467. The number of ether oxygens (including phenoxy) is 1. The van der Waals surface area contributed by atoms with Gasteiger partial charge < -0.3 is 10.5 Å². The molecule has 118 valence electrons. The van der Waals surface area contributed by atoms with Gasteiger partial charge in [-0.1, -0.05) is 18.2 Å². The molecule has 2 fully saturated rings. The third-order valence-corrected chi connectivity index (χ3v) is 4.34. The number of para-hydroxylation sites is 1. The predicted octanol–water partition coefficient (Wildman–Crippen LogP) is 1.26. The summed E-state index contributed by atoms with van der Waals surface area (Å²) in [5.41, 5.74) is 3.91. The van der Waals surface area contributed by atoms with Crippen molar-refractivity contribution in [3.63, 3.8) is 0 Å². The van der Waals surface area contributed by atoms with E-state index in [-0.39, 0.29) is 25.6 Å². The first-order valence-corrected chi connectivity index (χ1v) is 7.25. The normalized spacial score (nSPS) is 25.0. The second-order valence-corrected chi connectivity index (χ2v) is 5.63. The summed E-state index contributed by atoms with van der Waals surface area (Å²) in [6, 6.07) is 9.20. The van der Waals surface area contributed by atoms with E-state index in [0.717, 1.165) is 5.69 Å². The van der Waals surface area contributed by atoms with Crippen LogP contribution in [0.4, 0.5) is 14.9 Å². The molecule has 0 saturated carbocycles. The van der Waals surface area contributed by atoms with Crippen molar-refractivity contribution in [3.8, 4) is 0 Å². The van der Waals surface area contributed by atoms with Crippen LogP contribution in [0.3, 0.4) is 0 Å². The van der Waals surface area contributed by atoms with Gasteiger partial charge in [0.05, 0.1) is 0 Å². The maximum absolute atomic E-state index is 14.2. The van der Waals surface area contributed by atoms with Crippen molar-refractivity contribution < 1.29 is 18.7 Å². The summed E-state index contributed by atoms with van der Waals surface area (Å²) in [5, 5.41) is 0. The van der Waals surface area contributed by atoms with Gasteiger partial charge in [-0.3, -0.25) is 14.6 Å². The van der Waals surface area contributed by atoms with Crippen LogP contribution in [0.5, 0.6) is 0 Å². The van der Waals surface area contributed by atoms with Crippen molar-refractivity contribution in [2.45, 2.75) is 24.7 Å². The molecule has 1 aromatic carbocycles. The summed E-state index contributed by atoms with van der Waals surface area (Å²) in [7, 11) is 0. The number of primary amides is 1. The lowest BCUT2D eigenvalue weighted by Gasteiger charge is -2.39. The molecule has 2 N–H and O–H groups in total. The zero-order valence-corrected chi connectivity index (χ0v) is 12.1. The van der Waals surface area contributed by atoms with Gasteiger partial charge in [0.25, 0.3) is 5.91 Å². The lowest BCUT2D eigenvalue weighted by atomic mass is 9.92. The van der Waals surface area contributed by atoms with Gasteiger partial charge in [-0.05, 0) is 12.1 Å². The average Bonchev–Trinajstić information content (AvgIpc) is 2.90. The minimum absolute atomic E-state index is 0.0374. The molecule has 6 nitrogen and oxygen atoms in total. The van der Waals surface area contributed by atoms with Gasteiger partial charge in [0.2, 0.25) is 0 Å². The molecule has 2 saturated heterocycles. The molecule has 7 heteroatoms. The average molecular weight is 307 g/mol. The Balaban J connectivity index is 1.75. The standard InChI is InChI=1S/C15H18FN3O3/c16-15(13(17)20)6-8-18(9-7-15)12-10-22-14(21)19(12)11-4-2-1-3-5-11/h1-5,12H,6-10H2,(H2,17,20). The van der Waals surface area contributed by atoms with E-state index in [9.17, 15) is 14.0 Å². The van der Waals surface area contributed by atoms with E-state index in [1.807, 2.05) is 35.2 Å². The van der Waals surface area contributed by atoms with Crippen molar-refractivity contribution >= 4 is 17.7 Å². The minimum atomic E-state index is -1.95. The van der Waals surface area contributed by atoms with E-state index >= 15 is 0 Å². The van der Waals surface area contributed by atoms with Gasteiger partial charge in [0.15, 0.2) is 5.67 Å². The van der Waals surface area contributed by atoms with Crippen LogP contribution in [0.2, 0.25) is 0 Å². The minimum Gasteiger partial charge on any atom is -0.445 e. The topological polar surface area (TPSA) is 75.9 Å². The second kappa shape index (κ2) is 5.57. The molecular formula is C15H18FN3O3. The summed E-state index contributed by atoms with van der Waals surface area (Å²) >= 11 is 0. The number of carbonyl (C=O) groups excluding carboxylic acids is 2. The molecule has 0 bridgehead atoms. The molecule has 2 heterocycles. The lowest BCUT2D eigenvalue weighted by Crippen LogP contribution is -2.55. The molecule has 0 spiro atoms. The zero-order valence-electron chi connectivity index (χ0n) is 12.1. The van der Waals surface area contributed by atoms with Gasteiger partial charge in [-0.15, -0.1) is 0 Å². The fourth-order valence-electron chi connectivity index (χ4n) is 2.97. The van der Waals surface area contributed by atoms with Crippen LogP contribution in [-0.2, 0) is 9.53 Å². The molecule has 0 aliphatic carbocycles. The van der Waals surface area contributed by atoms with Gasteiger partial charge in [0, 0.05) is 31.6 Å². The molecule has 1 atom stereocenters. The van der Waals surface area contributed by atoms with Gasteiger partial charge >= 0.3 is 6.09 Å². The van der Waals surface area contributed by atoms with Crippen LogP contribution in [0.15, 0.2) is 30.3 Å². The van der Waals surface area contributed by atoms with Crippen LogP contribution in [0.25, 0.3) is 0 Å². The van der Waals surface area contributed by atoms with E-state index in [1.165, 1.54) is 0 Å². The quantitative estimate of drug-likeness (QED) is 0.912. The molecule has 2 aliphatic heterocycles. The highest BCUT2D eigenvalue weighted by Gasteiger charge is 2.45. The maximum Gasteiger partial charge on any atom is 0.415 e. The summed E-state index contributed by atoms with van der Waals surface area (Å²) in [5.74, 6) is -0.911. The molecule has 3 rings (SSSR count). The number of halogens is 1. The lowest BCUT2D eigenvalue weighted by molar-refractivity contribution is -0.133. The van der Waals surface area contributed by atoms with E-state index < -0.39 is 17.7 Å². The number of benzene rings is 1. The van der Waals surface area contributed by atoms with E-state index in [4.69, 9.17) is 10.5 Å². The molecule has 1 aromatic rings. The summed E-state index contributed by atoms with van der Waals surface area (Å²) in [4.78, 5) is 26.7. The fourth-order valence-corrected chi connectivity index (χ4v) is 2.97. The van der Waals surface area contributed by atoms with Crippen LogP contribution >= 0.6 is 0 Å². The SMILES string of the molecule is NC(=O)C1(F)CCN(C2COC(=O)N2c2ccccc2)CC1. The highest BCUT2D eigenvalue weighted by Crippen LogP contribution is 2.31.